The van der Waals surface area contributed by atoms with Crippen molar-refractivity contribution in [1.82, 2.24) is 0 Å². The average molecular weight is 188 g/mol. The fourth-order valence-electron chi connectivity index (χ4n) is 1.53. The molecule has 0 unspecified atom stereocenters. The van der Waals surface area contributed by atoms with Crippen LogP contribution in [0.1, 0.15) is 5.56 Å². The first kappa shape index (κ1) is 9.03. The lowest BCUT2D eigenvalue weighted by Crippen LogP contribution is -1.92. The zero-order valence-electron chi connectivity index (χ0n) is 7.81. The van der Waals surface area contributed by atoms with Crippen molar-refractivity contribution < 1.29 is 9.52 Å². The molecule has 0 bridgehead atoms. The van der Waals surface area contributed by atoms with Gasteiger partial charge >= 0.3 is 0 Å². The Morgan fingerprint density at radius 1 is 1.07 bits per heavy atom. The van der Waals surface area contributed by atoms with Crippen molar-refractivity contribution in [2.24, 2.45) is 0 Å². The van der Waals surface area contributed by atoms with E-state index < -0.39 is 0 Å². The van der Waals surface area contributed by atoms with E-state index in [0.717, 1.165) is 16.9 Å². The van der Waals surface area contributed by atoms with Crippen molar-refractivity contribution in [3.8, 4) is 11.3 Å². The van der Waals surface area contributed by atoms with Crippen LogP contribution < -0.4 is 0 Å². The van der Waals surface area contributed by atoms with Crippen molar-refractivity contribution in [1.29, 1.82) is 0 Å². The van der Waals surface area contributed by atoms with E-state index >= 15 is 0 Å². The molecule has 14 heavy (non-hydrogen) atoms. The molecule has 1 aromatic heterocycles. The Labute approximate surface area is 82.8 Å². The van der Waals surface area contributed by atoms with E-state index in [0.29, 0.717) is 6.42 Å². The second-order valence-electron chi connectivity index (χ2n) is 3.11. The van der Waals surface area contributed by atoms with Gasteiger partial charge in [-0.2, -0.15) is 0 Å². The van der Waals surface area contributed by atoms with Crippen LogP contribution in [0.25, 0.3) is 11.3 Å². The van der Waals surface area contributed by atoms with Crippen LogP contribution in [0.2, 0.25) is 0 Å². The zero-order valence-corrected chi connectivity index (χ0v) is 7.81. The smallest absolute Gasteiger partial charge is 0.134 e. The van der Waals surface area contributed by atoms with Gasteiger partial charge in [-0.3, -0.25) is 0 Å². The van der Waals surface area contributed by atoms with Crippen molar-refractivity contribution >= 4 is 0 Å². The SMILES string of the molecule is OCCc1ccccc1-c1ccco1. The standard InChI is InChI=1S/C12H12O2/c13-8-7-10-4-1-2-5-11(10)12-6-3-9-14-12/h1-6,9,13H,7-8H2. The summed E-state index contributed by atoms with van der Waals surface area (Å²) < 4.78 is 5.32. The second-order valence-corrected chi connectivity index (χ2v) is 3.11. The number of aliphatic hydroxyl groups is 1. The Morgan fingerprint density at radius 2 is 1.93 bits per heavy atom. The van der Waals surface area contributed by atoms with Crippen molar-refractivity contribution in [3.63, 3.8) is 0 Å². The summed E-state index contributed by atoms with van der Waals surface area (Å²) in [6, 6.07) is 11.7. The Balaban J connectivity index is 2.42. The molecule has 0 aliphatic carbocycles. The van der Waals surface area contributed by atoms with Crippen LogP contribution in [0.15, 0.2) is 47.1 Å². The molecule has 0 spiro atoms. The maximum atomic E-state index is 8.91. The summed E-state index contributed by atoms with van der Waals surface area (Å²) in [4.78, 5) is 0. The lowest BCUT2D eigenvalue weighted by atomic mass is 10.0. The summed E-state index contributed by atoms with van der Waals surface area (Å²) in [7, 11) is 0. The van der Waals surface area contributed by atoms with Gasteiger partial charge in [0.05, 0.1) is 6.26 Å². The number of furan rings is 1. The van der Waals surface area contributed by atoms with Gasteiger partial charge in [0.2, 0.25) is 0 Å². The first-order chi connectivity index (χ1) is 6.92. The minimum absolute atomic E-state index is 0.164. The Kier molecular flexibility index (Phi) is 2.65. The molecule has 2 heteroatoms. The number of hydrogen-bond acceptors (Lipinski definition) is 2. The van der Waals surface area contributed by atoms with E-state index in [9.17, 15) is 0 Å². The molecule has 1 aromatic carbocycles. The van der Waals surface area contributed by atoms with E-state index in [-0.39, 0.29) is 6.61 Å². The molecule has 0 radical (unpaired) electrons. The summed E-state index contributed by atoms with van der Waals surface area (Å²) in [5.74, 6) is 0.856. The highest BCUT2D eigenvalue weighted by Gasteiger charge is 2.05. The first-order valence-electron chi connectivity index (χ1n) is 4.64. The number of aliphatic hydroxyl groups excluding tert-OH is 1. The van der Waals surface area contributed by atoms with Crippen LogP contribution in [0.4, 0.5) is 0 Å². The fourth-order valence-corrected chi connectivity index (χ4v) is 1.53. The molecule has 1 N–H and O–H groups in total. The number of rotatable bonds is 3. The maximum absolute atomic E-state index is 8.91. The van der Waals surface area contributed by atoms with E-state index in [1.54, 1.807) is 6.26 Å². The summed E-state index contributed by atoms with van der Waals surface area (Å²) in [5.41, 5.74) is 2.18. The molecule has 0 aliphatic rings. The third-order valence-electron chi connectivity index (χ3n) is 2.19. The van der Waals surface area contributed by atoms with Gasteiger partial charge in [0, 0.05) is 12.2 Å². The van der Waals surface area contributed by atoms with Crippen LogP contribution in [-0.4, -0.2) is 11.7 Å². The van der Waals surface area contributed by atoms with Crippen LogP contribution in [0, 0.1) is 0 Å². The molecule has 0 saturated carbocycles. The predicted molar refractivity (Wildman–Crippen MR) is 54.9 cm³/mol. The van der Waals surface area contributed by atoms with Gasteiger partial charge in [0.15, 0.2) is 0 Å². The minimum atomic E-state index is 0.164. The molecule has 0 aliphatic heterocycles. The van der Waals surface area contributed by atoms with Gasteiger partial charge < -0.3 is 9.52 Å². The van der Waals surface area contributed by atoms with E-state index in [1.807, 2.05) is 36.4 Å². The molecule has 1 heterocycles. The highest BCUT2D eigenvalue weighted by atomic mass is 16.3. The third kappa shape index (κ3) is 1.70. The quantitative estimate of drug-likeness (QED) is 0.802. The highest BCUT2D eigenvalue weighted by Crippen LogP contribution is 2.23. The number of benzene rings is 1. The molecule has 0 fully saturated rings. The van der Waals surface area contributed by atoms with Gasteiger partial charge in [-0.25, -0.2) is 0 Å². The molecular weight excluding hydrogens is 176 g/mol. The molecule has 72 valence electrons. The van der Waals surface area contributed by atoms with Crippen molar-refractivity contribution in [2.45, 2.75) is 6.42 Å². The van der Waals surface area contributed by atoms with Gasteiger partial charge in [-0.15, -0.1) is 0 Å². The monoisotopic (exact) mass is 188 g/mol. The molecule has 2 nitrogen and oxygen atoms in total. The summed E-state index contributed by atoms with van der Waals surface area (Å²) in [6.45, 7) is 0.164. The molecule has 2 rings (SSSR count). The number of hydrogen-bond donors (Lipinski definition) is 1. The van der Waals surface area contributed by atoms with Crippen LogP contribution in [0.5, 0.6) is 0 Å². The zero-order chi connectivity index (χ0) is 9.80. The summed E-state index contributed by atoms with van der Waals surface area (Å²) in [5, 5.41) is 8.91. The summed E-state index contributed by atoms with van der Waals surface area (Å²) >= 11 is 0. The largest absolute Gasteiger partial charge is 0.464 e. The lowest BCUT2D eigenvalue weighted by molar-refractivity contribution is 0.299. The van der Waals surface area contributed by atoms with Crippen LogP contribution in [0.3, 0.4) is 0 Å². The molecule has 0 saturated heterocycles. The molecule has 0 atom stereocenters. The summed E-state index contributed by atoms with van der Waals surface area (Å²) in [6.07, 6.45) is 2.32. The van der Waals surface area contributed by atoms with E-state index in [4.69, 9.17) is 9.52 Å². The molecule has 2 aromatic rings. The Bertz CT molecular complexity index is 390. The second kappa shape index (κ2) is 4.11. The molecule has 0 amide bonds. The highest BCUT2D eigenvalue weighted by molar-refractivity contribution is 5.61. The lowest BCUT2D eigenvalue weighted by Gasteiger charge is -2.04. The van der Waals surface area contributed by atoms with Gasteiger partial charge in [0.1, 0.15) is 5.76 Å². The van der Waals surface area contributed by atoms with Gasteiger partial charge in [-0.05, 0) is 24.1 Å². The normalized spacial score (nSPS) is 10.4. The van der Waals surface area contributed by atoms with Crippen LogP contribution in [-0.2, 0) is 6.42 Å². The average Bonchev–Trinajstić information content (AvgIpc) is 2.72. The minimum Gasteiger partial charge on any atom is -0.464 e. The fraction of sp³-hybridized carbons (Fsp3) is 0.167. The van der Waals surface area contributed by atoms with Gasteiger partial charge in [0.25, 0.3) is 0 Å². The van der Waals surface area contributed by atoms with Crippen LogP contribution >= 0.6 is 0 Å². The van der Waals surface area contributed by atoms with Gasteiger partial charge in [-0.1, -0.05) is 24.3 Å². The molecular formula is C12H12O2. The van der Waals surface area contributed by atoms with E-state index in [2.05, 4.69) is 0 Å². The maximum Gasteiger partial charge on any atom is 0.134 e. The van der Waals surface area contributed by atoms with Crippen molar-refractivity contribution in [2.75, 3.05) is 6.61 Å². The predicted octanol–water partition coefficient (Wildman–Crippen LogP) is 2.48. The van der Waals surface area contributed by atoms with E-state index in [1.165, 1.54) is 0 Å². The Hall–Kier alpha value is -1.54. The first-order valence-corrected chi connectivity index (χ1v) is 4.64. The third-order valence-corrected chi connectivity index (χ3v) is 2.19. The topological polar surface area (TPSA) is 33.4 Å². The Morgan fingerprint density at radius 3 is 2.64 bits per heavy atom. The van der Waals surface area contributed by atoms with Crippen molar-refractivity contribution in [3.05, 3.63) is 48.2 Å².